The molecule has 0 unspecified atom stereocenters. The molecule has 0 atom stereocenters. The molecule has 0 bridgehead atoms. The molecule has 1 aliphatic rings. The normalized spacial score (nSPS) is 15.1. The Morgan fingerprint density at radius 2 is 2.19 bits per heavy atom. The van der Waals surface area contributed by atoms with Crippen molar-refractivity contribution in [3.05, 3.63) is 42.4 Å². The third-order valence-electron chi connectivity index (χ3n) is 4.68. The summed E-state index contributed by atoms with van der Waals surface area (Å²) in [4.78, 5) is 20.9. The summed E-state index contributed by atoms with van der Waals surface area (Å²) in [6.45, 7) is 4.87. The van der Waals surface area contributed by atoms with Gasteiger partial charge in [-0.25, -0.2) is 4.98 Å². The highest BCUT2D eigenvalue weighted by molar-refractivity contribution is 7.22. The number of amides is 1. The van der Waals surface area contributed by atoms with Crippen LogP contribution in [0.4, 0.5) is 5.13 Å². The van der Waals surface area contributed by atoms with Crippen molar-refractivity contribution in [3.63, 3.8) is 0 Å². The third-order valence-corrected chi connectivity index (χ3v) is 5.74. The number of fused-ring (bicyclic) bond motifs is 1. The van der Waals surface area contributed by atoms with Crippen molar-refractivity contribution in [2.24, 2.45) is 0 Å². The fourth-order valence-corrected chi connectivity index (χ4v) is 4.11. The van der Waals surface area contributed by atoms with Gasteiger partial charge in [-0.3, -0.25) is 9.69 Å². The number of furan rings is 1. The van der Waals surface area contributed by atoms with Gasteiger partial charge in [0.15, 0.2) is 10.9 Å². The van der Waals surface area contributed by atoms with Gasteiger partial charge in [-0.05, 0) is 24.3 Å². The zero-order valence-corrected chi connectivity index (χ0v) is 16.0. The monoisotopic (exact) mass is 388 g/mol. The lowest BCUT2D eigenvalue weighted by atomic mass is 10.3. The van der Waals surface area contributed by atoms with Crippen molar-refractivity contribution in [3.8, 4) is 5.75 Å². The van der Waals surface area contributed by atoms with Crippen LogP contribution in [-0.2, 0) is 4.74 Å². The molecule has 0 radical (unpaired) electrons. The van der Waals surface area contributed by atoms with Gasteiger partial charge in [0.1, 0.15) is 18.8 Å². The molecule has 0 saturated carbocycles. The number of aromatic nitrogens is 1. The molecular formula is C19H22N3O4S+. The number of anilines is 1. The van der Waals surface area contributed by atoms with Gasteiger partial charge in [0.25, 0.3) is 5.91 Å². The minimum Gasteiger partial charge on any atom is -0.497 e. The highest BCUT2D eigenvalue weighted by Gasteiger charge is 2.25. The first-order chi connectivity index (χ1) is 13.2. The molecule has 1 fully saturated rings. The number of methoxy groups -OCH3 is 1. The molecule has 8 heteroatoms. The molecule has 1 aliphatic heterocycles. The van der Waals surface area contributed by atoms with Crippen LogP contribution < -0.4 is 14.5 Å². The smallest absolute Gasteiger partial charge is 0.295 e. The van der Waals surface area contributed by atoms with E-state index in [9.17, 15) is 4.79 Å². The van der Waals surface area contributed by atoms with Crippen molar-refractivity contribution in [1.82, 2.24) is 4.98 Å². The van der Waals surface area contributed by atoms with Gasteiger partial charge in [0.2, 0.25) is 0 Å². The van der Waals surface area contributed by atoms with Crippen LogP contribution in [0.15, 0.2) is 41.0 Å². The first-order valence-corrected chi connectivity index (χ1v) is 9.77. The van der Waals surface area contributed by atoms with Crippen LogP contribution in [0.5, 0.6) is 5.75 Å². The second kappa shape index (κ2) is 8.08. The number of carbonyl (C=O) groups excluding carboxylic acids is 1. The maximum absolute atomic E-state index is 13.0. The average Bonchev–Trinajstić information content (AvgIpc) is 3.38. The number of nitrogens with one attached hydrogen (secondary N) is 1. The van der Waals surface area contributed by atoms with Gasteiger partial charge in [0, 0.05) is 6.07 Å². The van der Waals surface area contributed by atoms with Gasteiger partial charge in [-0.15, -0.1) is 0 Å². The number of hydrogen-bond donors (Lipinski definition) is 1. The Kier molecular flexibility index (Phi) is 5.38. The molecule has 1 saturated heterocycles. The summed E-state index contributed by atoms with van der Waals surface area (Å²) >= 11 is 1.50. The van der Waals surface area contributed by atoms with Crippen LogP contribution >= 0.6 is 11.3 Å². The highest BCUT2D eigenvalue weighted by Crippen LogP contribution is 2.31. The van der Waals surface area contributed by atoms with E-state index in [-0.39, 0.29) is 5.91 Å². The van der Waals surface area contributed by atoms with Crippen LogP contribution in [0.3, 0.4) is 0 Å². The van der Waals surface area contributed by atoms with Gasteiger partial charge < -0.3 is 18.8 Å². The minimum atomic E-state index is -0.168. The fourth-order valence-electron chi connectivity index (χ4n) is 3.13. The Labute approximate surface area is 161 Å². The zero-order chi connectivity index (χ0) is 18.6. The zero-order valence-electron chi connectivity index (χ0n) is 15.1. The molecule has 3 heterocycles. The number of thiazole rings is 1. The summed E-state index contributed by atoms with van der Waals surface area (Å²) in [7, 11) is 1.63. The molecule has 3 aromatic rings. The lowest BCUT2D eigenvalue weighted by Crippen LogP contribution is -3.14. The van der Waals surface area contributed by atoms with E-state index in [1.54, 1.807) is 24.1 Å². The number of ether oxygens (including phenoxy) is 2. The summed E-state index contributed by atoms with van der Waals surface area (Å²) in [6, 6.07) is 9.17. The van der Waals surface area contributed by atoms with Crippen molar-refractivity contribution in [2.75, 3.05) is 51.4 Å². The number of hydrogen-bond acceptors (Lipinski definition) is 6. The molecule has 7 nitrogen and oxygen atoms in total. The molecular weight excluding hydrogens is 366 g/mol. The van der Waals surface area contributed by atoms with E-state index in [1.807, 2.05) is 18.2 Å². The van der Waals surface area contributed by atoms with E-state index in [4.69, 9.17) is 13.9 Å². The summed E-state index contributed by atoms with van der Waals surface area (Å²) in [5.74, 6) is 0.906. The van der Waals surface area contributed by atoms with Crippen LogP contribution in [0.25, 0.3) is 10.2 Å². The summed E-state index contributed by atoms with van der Waals surface area (Å²) in [6.07, 6.45) is 1.52. The first-order valence-electron chi connectivity index (χ1n) is 8.96. The second-order valence-corrected chi connectivity index (χ2v) is 7.39. The molecule has 1 N–H and O–H groups in total. The summed E-state index contributed by atoms with van der Waals surface area (Å²) in [5, 5.41) is 0.673. The Hall–Kier alpha value is -2.42. The second-order valence-electron chi connectivity index (χ2n) is 6.38. The highest BCUT2D eigenvalue weighted by atomic mass is 32.1. The largest absolute Gasteiger partial charge is 0.497 e. The maximum Gasteiger partial charge on any atom is 0.295 e. The lowest BCUT2D eigenvalue weighted by Gasteiger charge is -2.26. The average molecular weight is 388 g/mol. The number of morpholine rings is 1. The minimum absolute atomic E-state index is 0.168. The van der Waals surface area contributed by atoms with E-state index in [2.05, 4.69) is 4.98 Å². The summed E-state index contributed by atoms with van der Waals surface area (Å²) < 4.78 is 17.1. The van der Waals surface area contributed by atoms with E-state index in [0.29, 0.717) is 17.4 Å². The van der Waals surface area contributed by atoms with Crippen molar-refractivity contribution in [1.29, 1.82) is 0 Å². The van der Waals surface area contributed by atoms with Crippen LogP contribution in [0, 0.1) is 0 Å². The van der Waals surface area contributed by atoms with Gasteiger partial charge in [-0.2, -0.15) is 0 Å². The predicted molar refractivity (Wildman–Crippen MR) is 103 cm³/mol. The Balaban J connectivity index is 1.61. The number of rotatable bonds is 6. The van der Waals surface area contributed by atoms with Crippen molar-refractivity contribution in [2.45, 2.75) is 0 Å². The number of nitrogens with zero attached hydrogens (tertiary/aromatic N) is 2. The Morgan fingerprint density at radius 1 is 1.33 bits per heavy atom. The number of quaternary nitrogens is 1. The van der Waals surface area contributed by atoms with Crippen LogP contribution in [-0.4, -0.2) is 57.4 Å². The van der Waals surface area contributed by atoms with Gasteiger partial charge >= 0.3 is 0 Å². The Morgan fingerprint density at radius 3 is 2.93 bits per heavy atom. The van der Waals surface area contributed by atoms with E-state index < -0.39 is 0 Å². The van der Waals surface area contributed by atoms with Gasteiger partial charge in [0.05, 0.1) is 49.9 Å². The SMILES string of the molecule is COc1ccc2sc(N(CC[NH+]3CCOCC3)C(=O)c3ccco3)nc2c1. The molecule has 2 aromatic heterocycles. The molecule has 142 valence electrons. The van der Waals surface area contributed by atoms with Crippen molar-refractivity contribution < 1.29 is 23.6 Å². The van der Waals surface area contributed by atoms with E-state index >= 15 is 0 Å². The maximum atomic E-state index is 13.0. The topological polar surface area (TPSA) is 69.2 Å². The van der Waals surface area contributed by atoms with Gasteiger partial charge in [-0.1, -0.05) is 11.3 Å². The Bertz CT molecular complexity index is 903. The molecule has 4 rings (SSSR count). The molecule has 27 heavy (non-hydrogen) atoms. The molecule has 1 amide bonds. The van der Waals surface area contributed by atoms with E-state index in [1.165, 1.54) is 22.5 Å². The summed E-state index contributed by atoms with van der Waals surface area (Å²) in [5.41, 5.74) is 0.824. The quantitative estimate of drug-likeness (QED) is 0.692. The lowest BCUT2D eigenvalue weighted by molar-refractivity contribution is -0.906. The molecule has 0 aliphatic carbocycles. The standard InChI is InChI=1S/C19H21N3O4S/c1-24-14-4-5-17-15(13-14)20-19(27-17)22(18(23)16-3-2-10-26-16)7-6-21-8-11-25-12-9-21/h2-5,10,13H,6-9,11-12H2,1H3/p+1. The van der Waals surface area contributed by atoms with Crippen LogP contribution in [0.2, 0.25) is 0 Å². The predicted octanol–water partition coefficient (Wildman–Crippen LogP) is 1.46. The fraction of sp³-hybridized carbons (Fsp3) is 0.368. The third kappa shape index (κ3) is 3.97. The number of carbonyl (C=O) groups is 1. The first kappa shape index (κ1) is 18.0. The molecule has 1 aromatic carbocycles. The molecule has 0 spiro atoms. The van der Waals surface area contributed by atoms with Crippen molar-refractivity contribution >= 4 is 32.6 Å². The number of benzene rings is 1. The van der Waals surface area contributed by atoms with Crippen LogP contribution in [0.1, 0.15) is 10.6 Å². The van der Waals surface area contributed by atoms with E-state index in [0.717, 1.165) is 48.8 Å².